The molecule has 1 aromatic rings. The largest absolute Gasteiger partial charge is 0.497 e. The number of ether oxygens (including phenoxy) is 1. The first-order chi connectivity index (χ1) is 11.2. The van der Waals surface area contributed by atoms with E-state index in [1.165, 1.54) is 25.3 Å². The van der Waals surface area contributed by atoms with Gasteiger partial charge < -0.3 is 9.84 Å². The lowest BCUT2D eigenvalue weighted by atomic mass is 10.0. The number of carbonyl (C=O) groups is 1. The molecule has 0 radical (unpaired) electrons. The maximum absolute atomic E-state index is 13.4. The Kier molecular flexibility index (Phi) is 5.17. The Morgan fingerprint density at radius 1 is 1.46 bits per heavy atom. The standard InChI is InChI=1S/C16H19F3N2O3/c1-3-4-7-12-10-15(23,16(17,18)19)21(20-12)14(22)11-6-5-8-13(9-11)24-2/h5-6,8-9,23H,3-4,7,10H2,1-2H3. The van der Waals surface area contributed by atoms with Gasteiger partial charge in [0.05, 0.1) is 7.11 Å². The smallest absolute Gasteiger partial charge is 0.438 e. The zero-order valence-electron chi connectivity index (χ0n) is 13.4. The molecule has 2 rings (SSSR count). The first kappa shape index (κ1) is 18.3. The van der Waals surface area contributed by atoms with Crippen molar-refractivity contribution in [2.75, 3.05) is 7.11 Å². The fraction of sp³-hybridized carbons (Fsp3) is 0.500. The van der Waals surface area contributed by atoms with Crippen LogP contribution < -0.4 is 4.74 Å². The molecule has 0 fully saturated rings. The highest BCUT2D eigenvalue weighted by molar-refractivity contribution is 5.98. The summed E-state index contributed by atoms with van der Waals surface area (Å²) in [6, 6.07) is 5.70. The Bertz CT molecular complexity index is 646. The van der Waals surface area contributed by atoms with Crippen LogP contribution in [0, 0.1) is 0 Å². The summed E-state index contributed by atoms with van der Waals surface area (Å²) in [5.74, 6) is -0.703. The molecule has 132 valence electrons. The average molecular weight is 344 g/mol. The molecule has 0 bridgehead atoms. The van der Waals surface area contributed by atoms with E-state index in [0.717, 1.165) is 6.42 Å². The number of carbonyl (C=O) groups excluding carboxylic acids is 1. The Morgan fingerprint density at radius 3 is 2.75 bits per heavy atom. The Labute approximate surface area is 137 Å². The Balaban J connectivity index is 2.37. The van der Waals surface area contributed by atoms with Gasteiger partial charge in [0.1, 0.15) is 5.75 Å². The van der Waals surface area contributed by atoms with Gasteiger partial charge in [-0.25, -0.2) is 0 Å². The first-order valence-electron chi connectivity index (χ1n) is 7.57. The van der Waals surface area contributed by atoms with Gasteiger partial charge >= 0.3 is 6.18 Å². The van der Waals surface area contributed by atoms with E-state index in [4.69, 9.17) is 4.74 Å². The first-order valence-corrected chi connectivity index (χ1v) is 7.57. The number of nitrogens with zero attached hydrogens (tertiary/aromatic N) is 2. The van der Waals surface area contributed by atoms with Crippen LogP contribution >= 0.6 is 0 Å². The molecule has 0 saturated carbocycles. The molecule has 0 aromatic heterocycles. The zero-order valence-corrected chi connectivity index (χ0v) is 13.4. The van der Waals surface area contributed by atoms with Gasteiger partial charge in [0.2, 0.25) is 0 Å². The van der Waals surface area contributed by atoms with Crippen LogP contribution in [0.1, 0.15) is 43.0 Å². The minimum absolute atomic E-state index is 0.0440. The topological polar surface area (TPSA) is 62.1 Å². The number of hydrogen-bond acceptors (Lipinski definition) is 4. The molecule has 1 atom stereocenters. The summed E-state index contributed by atoms with van der Waals surface area (Å²) < 4.78 is 45.1. The molecule has 1 aromatic carbocycles. The van der Waals surface area contributed by atoms with Crippen LogP contribution in [-0.2, 0) is 0 Å². The summed E-state index contributed by atoms with van der Waals surface area (Å²) in [6.45, 7) is 1.89. The van der Waals surface area contributed by atoms with Crippen molar-refractivity contribution < 1.29 is 27.8 Å². The molecular formula is C16H19F3N2O3. The summed E-state index contributed by atoms with van der Waals surface area (Å²) in [5, 5.41) is 14.1. The summed E-state index contributed by atoms with van der Waals surface area (Å²) in [6.07, 6.45) is -4.04. The number of benzene rings is 1. The summed E-state index contributed by atoms with van der Waals surface area (Å²) in [4.78, 5) is 12.5. The molecule has 1 N–H and O–H groups in total. The van der Waals surface area contributed by atoms with Crippen LogP contribution in [0.3, 0.4) is 0 Å². The van der Waals surface area contributed by atoms with Crippen LogP contribution in [0.2, 0.25) is 0 Å². The van der Waals surface area contributed by atoms with Crippen molar-refractivity contribution in [2.45, 2.75) is 44.5 Å². The summed E-state index contributed by atoms with van der Waals surface area (Å²) >= 11 is 0. The predicted octanol–water partition coefficient (Wildman–Crippen LogP) is 3.34. The van der Waals surface area contributed by atoms with Crippen LogP contribution in [-0.4, -0.2) is 40.7 Å². The van der Waals surface area contributed by atoms with Crippen molar-refractivity contribution >= 4 is 11.6 Å². The number of halogens is 3. The van der Waals surface area contributed by atoms with E-state index in [0.29, 0.717) is 18.6 Å². The van der Waals surface area contributed by atoms with Crippen LogP contribution in [0.25, 0.3) is 0 Å². The maximum atomic E-state index is 13.4. The molecule has 0 aliphatic carbocycles. The van der Waals surface area contributed by atoms with E-state index in [1.54, 1.807) is 6.07 Å². The van der Waals surface area contributed by atoms with Gasteiger partial charge in [-0.1, -0.05) is 19.4 Å². The predicted molar refractivity (Wildman–Crippen MR) is 81.7 cm³/mol. The van der Waals surface area contributed by atoms with Crippen molar-refractivity contribution in [3.63, 3.8) is 0 Å². The van der Waals surface area contributed by atoms with Gasteiger partial charge in [-0.2, -0.15) is 23.3 Å². The van der Waals surface area contributed by atoms with Gasteiger partial charge in [0.15, 0.2) is 0 Å². The summed E-state index contributed by atoms with van der Waals surface area (Å²) in [5.41, 5.74) is -3.21. The fourth-order valence-corrected chi connectivity index (χ4v) is 2.45. The molecule has 1 amide bonds. The highest BCUT2D eigenvalue weighted by Crippen LogP contribution is 2.41. The zero-order chi connectivity index (χ0) is 18.0. The molecule has 5 nitrogen and oxygen atoms in total. The van der Waals surface area contributed by atoms with Crippen LogP contribution in [0.5, 0.6) is 5.75 Å². The average Bonchev–Trinajstić information content (AvgIpc) is 2.90. The van der Waals surface area contributed by atoms with Crippen molar-refractivity contribution in [1.82, 2.24) is 5.01 Å². The van der Waals surface area contributed by atoms with Crippen molar-refractivity contribution in [3.8, 4) is 5.75 Å². The highest BCUT2D eigenvalue weighted by Gasteiger charge is 2.63. The van der Waals surface area contributed by atoms with Crippen molar-refractivity contribution in [1.29, 1.82) is 0 Å². The number of alkyl halides is 3. The van der Waals surface area contributed by atoms with Gasteiger partial charge in [-0.15, -0.1) is 0 Å². The summed E-state index contributed by atoms with van der Waals surface area (Å²) in [7, 11) is 1.38. The highest BCUT2D eigenvalue weighted by atomic mass is 19.4. The van der Waals surface area contributed by atoms with Crippen molar-refractivity contribution in [3.05, 3.63) is 29.8 Å². The monoisotopic (exact) mass is 344 g/mol. The quantitative estimate of drug-likeness (QED) is 0.891. The lowest BCUT2D eigenvalue weighted by molar-refractivity contribution is -0.297. The Hall–Kier alpha value is -2.09. The van der Waals surface area contributed by atoms with Gasteiger partial charge in [-0.05, 0) is 31.0 Å². The third-order valence-electron chi connectivity index (χ3n) is 3.82. The van der Waals surface area contributed by atoms with Gasteiger partial charge in [0.25, 0.3) is 11.6 Å². The molecule has 1 aliphatic rings. The minimum atomic E-state index is -5.01. The molecule has 1 aliphatic heterocycles. The fourth-order valence-electron chi connectivity index (χ4n) is 2.45. The van der Waals surface area contributed by atoms with Gasteiger partial charge in [0, 0.05) is 17.7 Å². The second kappa shape index (κ2) is 6.80. The molecule has 0 spiro atoms. The molecule has 8 heteroatoms. The van der Waals surface area contributed by atoms with Gasteiger partial charge in [-0.3, -0.25) is 4.79 Å². The Morgan fingerprint density at radius 2 is 2.17 bits per heavy atom. The third-order valence-corrected chi connectivity index (χ3v) is 3.82. The molecular weight excluding hydrogens is 325 g/mol. The molecule has 1 heterocycles. The number of amides is 1. The number of aliphatic hydroxyl groups is 1. The second-order valence-electron chi connectivity index (χ2n) is 5.61. The molecule has 1 unspecified atom stereocenters. The van der Waals surface area contributed by atoms with Crippen LogP contribution in [0.4, 0.5) is 13.2 Å². The maximum Gasteiger partial charge on any atom is 0.438 e. The van der Waals surface area contributed by atoms with E-state index in [-0.39, 0.29) is 16.3 Å². The number of hydrazone groups is 1. The minimum Gasteiger partial charge on any atom is -0.497 e. The number of unbranched alkanes of at least 4 members (excludes halogenated alkanes) is 1. The lowest BCUT2D eigenvalue weighted by Crippen LogP contribution is -2.56. The van der Waals surface area contributed by atoms with E-state index in [1.807, 2.05) is 6.92 Å². The number of rotatable bonds is 5. The van der Waals surface area contributed by atoms with Crippen molar-refractivity contribution in [2.24, 2.45) is 5.10 Å². The number of hydrogen-bond donors (Lipinski definition) is 1. The van der Waals surface area contributed by atoms with Crippen LogP contribution in [0.15, 0.2) is 29.4 Å². The van der Waals surface area contributed by atoms with E-state index in [9.17, 15) is 23.1 Å². The lowest BCUT2D eigenvalue weighted by Gasteiger charge is -2.32. The van der Waals surface area contributed by atoms with E-state index < -0.39 is 24.2 Å². The van der Waals surface area contributed by atoms with E-state index in [2.05, 4.69) is 5.10 Å². The second-order valence-corrected chi connectivity index (χ2v) is 5.61. The third kappa shape index (κ3) is 3.38. The SMILES string of the molecule is CCCCC1=NN(C(=O)c2cccc(OC)c2)C(O)(C(F)(F)F)C1. The number of methoxy groups -OCH3 is 1. The van der Waals surface area contributed by atoms with E-state index >= 15 is 0 Å². The molecule has 0 saturated heterocycles. The molecule has 24 heavy (non-hydrogen) atoms. The normalized spacial score (nSPS) is 20.9.